The normalized spacial score (nSPS) is 11.1. The smallest absolute Gasteiger partial charge is 0.154 e. The van der Waals surface area contributed by atoms with Gasteiger partial charge in [-0.2, -0.15) is 0 Å². The summed E-state index contributed by atoms with van der Waals surface area (Å²) in [7, 11) is 0. The van der Waals surface area contributed by atoms with Gasteiger partial charge in [-0.05, 0) is 36.2 Å². The van der Waals surface area contributed by atoms with E-state index in [2.05, 4.69) is 53.9 Å². The quantitative estimate of drug-likeness (QED) is 0.556. The van der Waals surface area contributed by atoms with E-state index < -0.39 is 0 Å². The summed E-state index contributed by atoms with van der Waals surface area (Å²) in [6, 6.07) is 18.5. The molecule has 1 aromatic carbocycles. The highest BCUT2D eigenvalue weighted by Crippen LogP contribution is 2.27. The van der Waals surface area contributed by atoms with E-state index in [0.29, 0.717) is 0 Å². The number of nitrogens with zero attached hydrogens (tertiary/aromatic N) is 2. The van der Waals surface area contributed by atoms with E-state index in [1.165, 1.54) is 5.56 Å². The van der Waals surface area contributed by atoms with Crippen molar-refractivity contribution in [1.29, 1.82) is 0 Å². The zero-order valence-corrected chi connectivity index (χ0v) is 12.4. The minimum atomic E-state index is 0.814. The Morgan fingerprint density at radius 2 is 1.86 bits per heavy atom. The van der Waals surface area contributed by atoms with Gasteiger partial charge in [-0.3, -0.25) is 0 Å². The fourth-order valence-electron chi connectivity index (χ4n) is 2.82. The first-order valence-corrected chi connectivity index (χ1v) is 7.37. The minimum absolute atomic E-state index is 0.814. The number of benzene rings is 1. The van der Waals surface area contributed by atoms with Gasteiger partial charge in [0, 0.05) is 12.6 Å². The van der Waals surface area contributed by atoms with Crippen LogP contribution in [0.3, 0.4) is 0 Å². The number of imidazole rings is 1. The highest BCUT2D eigenvalue weighted by Gasteiger charge is 2.17. The molecule has 3 heterocycles. The van der Waals surface area contributed by atoms with Crippen molar-refractivity contribution in [3.63, 3.8) is 0 Å². The lowest BCUT2D eigenvalue weighted by molar-refractivity contribution is 0.579. The van der Waals surface area contributed by atoms with E-state index in [9.17, 15) is 0 Å². The lowest BCUT2D eigenvalue weighted by atomic mass is 10.1. The predicted molar refractivity (Wildman–Crippen MR) is 86.9 cm³/mol. The topological polar surface area (TPSA) is 30.4 Å². The third-order valence-electron chi connectivity index (χ3n) is 3.91. The van der Waals surface area contributed by atoms with Crippen LogP contribution in [0.1, 0.15) is 16.8 Å². The molecule has 0 N–H and O–H groups in total. The Labute approximate surface area is 128 Å². The third kappa shape index (κ3) is 2.11. The number of aryl methyl sites for hydroxylation is 1. The van der Waals surface area contributed by atoms with Crippen molar-refractivity contribution in [2.24, 2.45) is 0 Å². The van der Waals surface area contributed by atoms with Crippen molar-refractivity contribution in [1.82, 2.24) is 9.38 Å². The zero-order chi connectivity index (χ0) is 14.9. The maximum absolute atomic E-state index is 5.59. The first-order valence-electron chi connectivity index (χ1n) is 7.37. The van der Waals surface area contributed by atoms with E-state index in [4.69, 9.17) is 9.40 Å². The Balaban J connectivity index is 1.94. The zero-order valence-electron chi connectivity index (χ0n) is 12.4. The van der Waals surface area contributed by atoms with E-state index in [-0.39, 0.29) is 0 Å². The Hall–Kier alpha value is -2.81. The Morgan fingerprint density at radius 3 is 2.64 bits per heavy atom. The van der Waals surface area contributed by atoms with Crippen molar-refractivity contribution in [3.8, 4) is 11.5 Å². The largest absolute Gasteiger partial charge is 0.463 e. The van der Waals surface area contributed by atoms with Crippen molar-refractivity contribution in [2.75, 3.05) is 0 Å². The van der Waals surface area contributed by atoms with Crippen LogP contribution in [0.15, 0.2) is 71.5 Å². The molecule has 0 radical (unpaired) electrons. The molecule has 0 fully saturated rings. The summed E-state index contributed by atoms with van der Waals surface area (Å²) in [5, 5.41) is 0. The average Bonchev–Trinajstić information content (AvgIpc) is 3.17. The molecule has 22 heavy (non-hydrogen) atoms. The van der Waals surface area contributed by atoms with Crippen molar-refractivity contribution >= 4 is 5.65 Å². The van der Waals surface area contributed by atoms with Gasteiger partial charge in [-0.25, -0.2) is 4.98 Å². The molecule has 3 heteroatoms. The number of fused-ring (bicyclic) bond motifs is 1. The van der Waals surface area contributed by atoms with E-state index in [0.717, 1.165) is 34.8 Å². The Morgan fingerprint density at radius 1 is 1.00 bits per heavy atom. The van der Waals surface area contributed by atoms with Crippen LogP contribution < -0.4 is 0 Å². The molecular weight excluding hydrogens is 272 g/mol. The molecule has 0 amide bonds. The van der Waals surface area contributed by atoms with Crippen molar-refractivity contribution in [2.45, 2.75) is 13.3 Å². The first kappa shape index (κ1) is 12.9. The molecule has 0 spiro atoms. The summed E-state index contributed by atoms with van der Waals surface area (Å²) in [6.45, 7) is 2.08. The van der Waals surface area contributed by atoms with Gasteiger partial charge in [-0.15, -0.1) is 0 Å². The van der Waals surface area contributed by atoms with Crippen LogP contribution in [-0.2, 0) is 6.42 Å². The fourth-order valence-corrected chi connectivity index (χ4v) is 2.82. The van der Waals surface area contributed by atoms with Gasteiger partial charge in [0.2, 0.25) is 0 Å². The second kappa shape index (κ2) is 5.19. The molecular formula is C19H16N2O. The van der Waals surface area contributed by atoms with Gasteiger partial charge in [0.15, 0.2) is 5.76 Å². The molecule has 0 aliphatic rings. The summed E-state index contributed by atoms with van der Waals surface area (Å²) >= 11 is 0. The Kier molecular flexibility index (Phi) is 3.04. The summed E-state index contributed by atoms with van der Waals surface area (Å²) in [6.07, 6.45) is 4.58. The standard InChI is InChI=1S/C19H16N2O/c1-14-7-5-11-21-16(13-15-8-3-2-4-9-15)18(20-19(14)21)17-10-6-12-22-17/h2-12H,13H2,1H3. The van der Waals surface area contributed by atoms with E-state index >= 15 is 0 Å². The summed E-state index contributed by atoms with van der Waals surface area (Å²) in [4.78, 5) is 4.82. The number of pyridine rings is 1. The monoisotopic (exact) mass is 288 g/mol. The van der Waals surface area contributed by atoms with Gasteiger partial charge in [0.25, 0.3) is 0 Å². The minimum Gasteiger partial charge on any atom is -0.463 e. The second-order valence-corrected chi connectivity index (χ2v) is 5.43. The lowest BCUT2D eigenvalue weighted by Crippen LogP contribution is -1.96. The molecule has 108 valence electrons. The van der Waals surface area contributed by atoms with E-state index in [1.807, 2.05) is 18.2 Å². The SMILES string of the molecule is Cc1cccn2c(Cc3ccccc3)c(-c3ccco3)nc12. The van der Waals surface area contributed by atoms with Crippen molar-refractivity contribution < 1.29 is 4.42 Å². The molecule has 4 rings (SSSR count). The number of aromatic nitrogens is 2. The van der Waals surface area contributed by atoms with Crippen LogP contribution in [0.5, 0.6) is 0 Å². The van der Waals surface area contributed by atoms with Gasteiger partial charge in [0.05, 0.1) is 12.0 Å². The number of rotatable bonds is 3. The fraction of sp³-hybridized carbons (Fsp3) is 0.105. The van der Waals surface area contributed by atoms with Crippen LogP contribution in [0.4, 0.5) is 0 Å². The lowest BCUT2D eigenvalue weighted by Gasteiger charge is -2.05. The van der Waals surface area contributed by atoms with Gasteiger partial charge in [0.1, 0.15) is 11.3 Å². The van der Waals surface area contributed by atoms with E-state index in [1.54, 1.807) is 6.26 Å². The highest BCUT2D eigenvalue weighted by atomic mass is 16.3. The van der Waals surface area contributed by atoms with Crippen LogP contribution in [0.25, 0.3) is 17.1 Å². The molecule has 0 saturated carbocycles. The van der Waals surface area contributed by atoms with Crippen LogP contribution in [0, 0.1) is 6.92 Å². The number of furan rings is 1. The van der Waals surface area contributed by atoms with Gasteiger partial charge >= 0.3 is 0 Å². The number of hydrogen-bond donors (Lipinski definition) is 0. The molecule has 0 bridgehead atoms. The first-order chi connectivity index (χ1) is 10.8. The average molecular weight is 288 g/mol. The highest BCUT2D eigenvalue weighted by molar-refractivity contribution is 5.64. The molecule has 0 aliphatic heterocycles. The van der Waals surface area contributed by atoms with Crippen LogP contribution in [0.2, 0.25) is 0 Å². The molecule has 0 aliphatic carbocycles. The summed E-state index contributed by atoms with van der Waals surface area (Å²) in [5.41, 5.74) is 5.48. The van der Waals surface area contributed by atoms with Gasteiger partial charge in [-0.1, -0.05) is 36.4 Å². The maximum atomic E-state index is 5.59. The summed E-state index contributed by atoms with van der Waals surface area (Å²) < 4.78 is 7.76. The van der Waals surface area contributed by atoms with Crippen LogP contribution >= 0.6 is 0 Å². The second-order valence-electron chi connectivity index (χ2n) is 5.43. The Bertz CT molecular complexity index is 905. The molecule has 0 unspecified atom stereocenters. The molecule has 3 aromatic heterocycles. The third-order valence-corrected chi connectivity index (χ3v) is 3.91. The van der Waals surface area contributed by atoms with Gasteiger partial charge < -0.3 is 8.82 Å². The molecule has 4 aromatic rings. The van der Waals surface area contributed by atoms with Crippen molar-refractivity contribution in [3.05, 3.63) is 83.9 Å². The molecule has 0 saturated heterocycles. The number of hydrogen-bond acceptors (Lipinski definition) is 2. The molecule has 0 atom stereocenters. The molecule has 3 nitrogen and oxygen atoms in total. The predicted octanol–water partition coefficient (Wildman–Crippen LogP) is 4.49. The maximum Gasteiger partial charge on any atom is 0.154 e. The summed E-state index contributed by atoms with van der Waals surface area (Å²) in [5.74, 6) is 0.814. The van der Waals surface area contributed by atoms with Crippen LogP contribution in [-0.4, -0.2) is 9.38 Å².